The van der Waals surface area contributed by atoms with Gasteiger partial charge in [0.1, 0.15) is 5.78 Å². The first-order valence-corrected chi connectivity index (χ1v) is 11.6. The van der Waals surface area contributed by atoms with Crippen LogP contribution in [0.4, 0.5) is 0 Å². The molecule has 148 valence electrons. The summed E-state index contributed by atoms with van der Waals surface area (Å²) in [7, 11) is 0. The summed E-state index contributed by atoms with van der Waals surface area (Å²) in [6.07, 6.45) is 14.9. The van der Waals surface area contributed by atoms with Crippen LogP contribution in [0.25, 0.3) is 0 Å². The number of hydrogen-bond acceptors (Lipinski definition) is 3. The highest BCUT2D eigenvalue weighted by Gasteiger charge is 2.49. The van der Waals surface area contributed by atoms with Gasteiger partial charge in [-0.25, -0.2) is 0 Å². The summed E-state index contributed by atoms with van der Waals surface area (Å²) in [4.78, 5) is 17.9. The molecular weight excluding hydrogens is 320 g/mol. The Morgan fingerprint density at radius 3 is 1.96 bits per heavy atom. The Bertz CT molecular complexity index is 472. The lowest BCUT2D eigenvalue weighted by Gasteiger charge is -2.56. The van der Waals surface area contributed by atoms with Crippen molar-refractivity contribution in [1.29, 1.82) is 0 Å². The summed E-state index contributed by atoms with van der Waals surface area (Å²) in [6.45, 7) is 9.51. The standard InChI is InChI=1S/C23H40N2O/c1-18(2)22(26)19-6-10-23(11-7-19)16-21(17-23)25-14-8-20(9-15-25)24-12-4-3-5-13-24/h18-21H,3-17H2,1-2H3. The average molecular weight is 361 g/mol. The number of ketones is 1. The lowest BCUT2D eigenvalue weighted by Crippen LogP contribution is -2.56. The van der Waals surface area contributed by atoms with Gasteiger partial charge in [0.25, 0.3) is 0 Å². The van der Waals surface area contributed by atoms with Gasteiger partial charge in [0.15, 0.2) is 0 Å². The van der Waals surface area contributed by atoms with E-state index in [9.17, 15) is 4.79 Å². The number of likely N-dealkylation sites (tertiary alicyclic amines) is 2. The number of hydrogen-bond donors (Lipinski definition) is 0. The van der Waals surface area contributed by atoms with Crippen LogP contribution in [0, 0.1) is 17.3 Å². The molecule has 2 saturated heterocycles. The molecular formula is C23H40N2O. The SMILES string of the molecule is CC(C)C(=O)C1CCC2(CC1)CC(N1CCC(N3CCCCC3)CC1)C2. The average Bonchev–Trinajstić information content (AvgIpc) is 2.66. The van der Waals surface area contributed by atoms with Gasteiger partial charge in [0, 0.05) is 23.9 Å². The lowest BCUT2D eigenvalue weighted by molar-refractivity contribution is -0.129. The van der Waals surface area contributed by atoms with Gasteiger partial charge in [-0.15, -0.1) is 0 Å². The maximum Gasteiger partial charge on any atom is 0.138 e. The minimum Gasteiger partial charge on any atom is -0.300 e. The van der Waals surface area contributed by atoms with E-state index >= 15 is 0 Å². The van der Waals surface area contributed by atoms with Crippen molar-refractivity contribution < 1.29 is 4.79 Å². The third-order valence-corrected chi connectivity index (χ3v) is 8.28. The van der Waals surface area contributed by atoms with E-state index in [4.69, 9.17) is 0 Å². The molecule has 4 aliphatic rings. The second-order valence-electron chi connectivity index (χ2n) is 10.3. The number of carbonyl (C=O) groups is 1. The molecule has 1 spiro atoms. The maximum atomic E-state index is 12.3. The van der Waals surface area contributed by atoms with Crippen LogP contribution in [-0.4, -0.2) is 53.8 Å². The molecule has 2 heterocycles. The Kier molecular flexibility index (Phi) is 5.76. The summed E-state index contributed by atoms with van der Waals surface area (Å²) in [6, 6.07) is 1.73. The summed E-state index contributed by atoms with van der Waals surface area (Å²) in [5.74, 6) is 1.12. The zero-order valence-electron chi connectivity index (χ0n) is 17.2. The van der Waals surface area contributed by atoms with E-state index in [0.29, 0.717) is 17.1 Å². The summed E-state index contributed by atoms with van der Waals surface area (Å²) in [5, 5.41) is 0. The predicted octanol–water partition coefficient (Wildman–Crippen LogP) is 4.50. The van der Waals surface area contributed by atoms with Crippen LogP contribution in [0.1, 0.15) is 84.5 Å². The molecule has 3 heteroatoms. The fourth-order valence-electron chi connectivity index (χ4n) is 6.49. The third-order valence-electron chi connectivity index (χ3n) is 8.28. The van der Waals surface area contributed by atoms with Crippen LogP contribution in [0.2, 0.25) is 0 Å². The summed E-state index contributed by atoms with van der Waals surface area (Å²) >= 11 is 0. The Balaban J connectivity index is 1.19. The predicted molar refractivity (Wildman–Crippen MR) is 107 cm³/mol. The molecule has 2 saturated carbocycles. The fraction of sp³-hybridized carbons (Fsp3) is 0.957. The van der Waals surface area contributed by atoms with Gasteiger partial charge in [-0.05, 0) is 95.8 Å². The number of nitrogens with zero attached hydrogens (tertiary/aromatic N) is 2. The Labute approximate surface area is 160 Å². The summed E-state index contributed by atoms with van der Waals surface area (Å²) < 4.78 is 0. The smallest absolute Gasteiger partial charge is 0.138 e. The molecule has 4 rings (SSSR count). The largest absolute Gasteiger partial charge is 0.300 e. The summed E-state index contributed by atoms with van der Waals surface area (Å²) in [5.41, 5.74) is 0.613. The van der Waals surface area contributed by atoms with Gasteiger partial charge in [-0.1, -0.05) is 20.3 Å². The van der Waals surface area contributed by atoms with Crippen molar-refractivity contribution in [3.63, 3.8) is 0 Å². The Hall–Kier alpha value is -0.410. The van der Waals surface area contributed by atoms with Gasteiger partial charge in [0.2, 0.25) is 0 Å². The number of piperidine rings is 2. The molecule has 0 bridgehead atoms. The molecule has 0 N–H and O–H groups in total. The third kappa shape index (κ3) is 3.90. The van der Waals surface area contributed by atoms with E-state index < -0.39 is 0 Å². The first-order chi connectivity index (χ1) is 12.6. The highest BCUT2D eigenvalue weighted by atomic mass is 16.1. The van der Waals surface area contributed by atoms with Crippen molar-refractivity contribution in [2.24, 2.45) is 17.3 Å². The van der Waals surface area contributed by atoms with Crippen molar-refractivity contribution in [1.82, 2.24) is 9.80 Å². The van der Waals surface area contributed by atoms with Crippen molar-refractivity contribution in [2.75, 3.05) is 26.2 Å². The molecule has 0 unspecified atom stereocenters. The molecule has 0 amide bonds. The van der Waals surface area contributed by atoms with Crippen LogP contribution >= 0.6 is 0 Å². The van der Waals surface area contributed by atoms with E-state index in [1.54, 1.807) is 0 Å². The molecule has 0 atom stereocenters. The molecule has 4 fully saturated rings. The van der Waals surface area contributed by atoms with Crippen LogP contribution in [0.3, 0.4) is 0 Å². The highest BCUT2D eigenvalue weighted by molar-refractivity contribution is 5.82. The maximum absolute atomic E-state index is 12.3. The topological polar surface area (TPSA) is 23.6 Å². The first kappa shape index (κ1) is 18.9. The quantitative estimate of drug-likeness (QED) is 0.737. The number of Topliss-reactive ketones (excluding diaryl/α,β-unsaturated/α-hetero) is 1. The monoisotopic (exact) mass is 360 g/mol. The highest BCUT2D eigenvalue weighted by Crippen LogP contribution is 2.54. The lowest BCUT2D eigenvalue weighted by atomic mass is 9.56. The molecule has 2 aliphatic carbocycles. The van der Waals surface area contributed by atoms with Crippen molar-refractivity contribution in [3.05, 3.63) is 0 Å². The Morgan fingerprint density at radius 1 is 0.808 bits per heavy atom. The molecule has 0 radical (unpaired) electrons. The van der Waals surface area contributed by atoms with E-state index in [2.05, 4.69) is 23.6 Å². The zero-order valence-corrected chi connectivity index (χ0v) is 17.2. The molecule has 2 aliphatic heterocycles. The van der Waals surface area contributed by atoms with E-state index in [0.717, 1.165) is 12.1 Å². The molecule has 0 aromatic heterocycles. The number of carbonyl (C=O) groups excluding carboxylic acids is 1. The van der Waals surface area contributed by atoms with E-state index in [1.807, 2.05) is 0 Å². The fourth-order valence-corrected chi connectivity index (χ4v) is 6.49. The van der Waals surface area contributed by atoms with Gasteiger partial charge in [0.05, 0.1) is 0 Å². The molecule has 0 aromatic carbocycles. The van der Waals surface area contributed by atoms with Gasteiger partial charge in [-0.3, -0.25) is 4.79 Å². The molecule has 3 nitrogen and oxygen atoms in total. The zero-order chi connectivity index (χ0) is 18.1. The van der Waals surface area contributed by atoms with E-state index in [-0.39, 0.29) is 5.92 Å². The van der Waals surface area contributed by atoms with Crippen LogP contribution in [-0.2, 0) is 4.79 Å². The van der Waals surface area contributed by atoms with Gasteiger partial charge < -0.3 is 9.80 Å². The second kappa shape index (κ2) is 7.91. The second-order valence-corrected chi connectivity index (χ2v) is 10.3. The van der Waals surface area contributed by atoms with E-state index in [1.165, 1.54) is 96.8 Å². The first-order valence-electron chi connectivity index (χ1n) is 11.6. The Morgan fingerprint density at radius 2 is 1.38 bits per heavy atom. The molecule has 26 heavy (non-hydrogen) atoms. The van der Waals surface area contributed by atoms with Crippen LogP contribution in [0.5, 0.6) is 0 Å². The van der Waals surface area contributed by atoms with Crippen molar-refractivity contribution in [2.45, 2.75) is 96.6 Å². The normalized spacial score (nSPS) is 37.8. The van der Waals surface area contributed by atoms with Gasteiger partial charge in [-0.2, -0.15) is 0 Å². The van der Waals surface area contributed by atoms with Crippen molar-refractivity contribution in [3.8, 4) is 0 Å². The van der Waals surface area contributed by atoms with Crippen LogP contribution in [0.15, 0.2) is 0 Å². The number of rotatable bonds is 4. The minimum absolute atomic E-state index is 0.226. The van der Waals surface area contributed by atoms with Gasteiger partial charge >= 0.3 is 0 Å². The van der Waals surface area contributed by atoms with Crippen LogP contribution < -0.4 is 0 Å². The molecule has 0 aromatic rings. The minimum atomic E-state index is 0.226. The van der Waals surface area contributed by atoms with Crippen molar-refractivity contribution >= 4 is 5.78 Å².